The highest BCUT2D eigenvalue weighted by Crippen LogP contribution is 1.86. The minimum Gasteiger partial charge on any atom is -0.469 e. The van der Waals surface area contributed by atoms with Gasteiger partial charge in [-0.05, 0) is 27.6 Å². The molecule has 11 heavy (non-hydrogen) atoms. The second-order valence-electron chi connectivity index (χ2n) is 2.67. The average molecular weight is 161 g/mol. The van der Waals surface area contributed by atoms with Crippen LogP contribution in [0.4, 0.5) is 0 Å². The summed E-state index contributed by atoms with van der Waals surface area (Å²) in [6.07, 6.45) is 1.41. The molecule has 0 aromatic heterocycles. The van der Waals surface area contributed by atoms with Crippen LogP contribution in [0.3, 0.4) is 0 Å². The molecule has 0 unspecified atom stereocenters. The minimum atomic E-state index is -0.123. The number of hydrogen-bond acceptors (Lipinski definition) is 3. The molecule has 0 saturated heterocycles. The van der Waals surface area contributed by atoms with Gasteiger partial charge in [-0.3, -0.25) is 4.79 Å². The number of rotatable bonds is 2. The molecular formula is C8H19NO2. The molecule has 0 aliphatic heterocycles. The molecule has 0 rings (SSSR count). The molecule has 0 fully saturated rings. The van der Waals surface area contributed by atoms with Crippen LogP contribution in [0.5, 0.6) is 0 Å². The van der Waals surface area contributed by atoms with Gasteiger partial charge >= 0.3 is 5.97 Å². The van der Waals surface area contributed by atoms with Crippen molar-refractivity contribution in [1.82, 2.24) is 4.90 Å². The first kappa shape index (κ1) is 13.1. The van der Waals surface area contributed by atoms with Gasteiger partial charge in [-0.25, -0.2) is 0 Å². The molecule has 3 nitrogen and oxygen atoms in total. The largest absolute Gasteiger partial charge is 0.469 e. The lowest BCUT2D eigenvalue weighted by Crippen LogP contribution is -1.99. The van der Waals surface area contributed by atoms with E-state index in [4.69, 9.17) is 0 Å². The zero-order valence-corrected chi connectivity index (χ0v) is 8.18. The van der Waals surface area contributed by atoms with Crippen molar-refractivity contribution in [2.75, 3.05) is 28.3 Å². The molecule has 0 spiro atoms. The molecule has 0 heterocycles. The Bertz CT molecular complexity index is 89.3. The van der Waals surface area contributed by atoms with Crippen LogP contribution in [0.2, 0.25) is 0 Å². The summed E-state index contributed by atoms with van der Waals surface area (Å²) in [5, 5.41) is 0. The maximum Gasteiger partial charge on any atom is 0.305 e. The van der Waals surface area contributed by atoms with E-state index in [9.17, 15) is 4.79 Å². The zero-order chi connectivity index (χ0) is 9.28. The molecule has 0 bridgehead atoms. The smallest absolute Gasteiger partial charge is 0.305 e. The molecule has 0 aliphatic carbocycles. The third-order valence-electron chi connectivity index (χ3n) is 0.682. The summed E-state index contributed by atoms with van der Waals surface area (Å²) in [5.74, 6) is -0.123. The van der Waals surface area contributed by atoms with Crippen LogP contribution in [0.25, 0.3) is 0 Å². The van der Waals surface area contributed by atoms with Gasteiger partial charge in [-0.1, -0.05) is 6.92 Å². The lowest BCUT2D eigenvalue weighted by Gasteiger charge is -1.91. The summed E-state index contributed by atoms with van der Waals surface area (Å²) < 4.78 is 4.35. The number of ether oxygens (including phenoxy) is 1. The summed E-state index contributed by atoms with van der Waals surface area (Å²) in [5.41, 5.74) is 0. The lowest BCUT2D eigenvalue weighted by molar-refractivity contribution is -0.140. The summed E-state index contributed by atoms with van der Waals surface area (Å²) >= 11 is 0. The SMILES string of the molecule is CCCC(=O)OC.CN(C)C. The average Bonchev–Trinajstić information content (AvgIpc) is 1.87. The standard InChI is InChI=1S/C5H10O2.C3H9N/c1-3-4-5(6)7-2;1-4(2)3/h3-4H2,1-2H3;1-3H3. The fourth-order valence-corrected chi connectivity index (χ4v) is 0.306. The Labute approximate surface area is 69.3 Å². The van der Waals surface area contributed by atoms with E-state index in [0.29, 0.717) is 6.42 Å². The molecule has 0 atom stereocenters. The first-order chi connectivity index (χ1) is 5.04. The summed E-state index contributed by atoms with van der Waals surface area (Å²) in [4.78, 5) is 12.2. The van der Waals surface area contributed by atoms with E-state index in [1.807, 2.05) is 33.0 Å². The Morgan fingerprint density at radius 3 is 1.82 bits per heavy atom. The second kappa shape index (κ2) is 9.43. The molecule has 0 aromatic carbocycles. The highest BCUT2D eigenvalue weighted by molar-refractivity contribution is 5.68. The van der Waals surface area contributed by atoms with E-state index < -0.39 is 0 Å². The van der Waals surface area contributed by atoms with Gasteiger partial charge in [0.1, 0.15) is 0 Å². The van der Waals surface area contributed by atoms with Gasteiger partial charge in [0.2, 0.25) is 0 Å². The van der Waals surface area contributed by atoms with Gasteiger partial charge in [0.05, 0.1) is 7.11 Å². The van der Waals surface area contributed by atoms with Crippen LogP contribution in [0.15, 0.2) is 0 Å². The normalized spacial score (nSPS) is 8.55. The third-order valence-corrected chi connectivity index (χ3v) is 0.682. The van der Waals surface area contributed by atoms with Crippen LogP contribution in [-0.4, -0.2) is 39.1 Å². The molecule has 0 radical (unpaired) electrons. The highest BCUT2D eigenvalue weighted by Gasteiger charge is 1.92. The number of methoxy groups -OCH3 is 1. The van der Waals surface area contributed by atoms with Crippen molar-refractivity contribution in [3.05, 3.63) is 0 Å². The molecule has 0 N–H and O–H groups in total. The minimum absolute atomic E-state index is 0.123. The van der Waals surface area contributed by atoms with Crippen molar-refractivity contribution in [1.29, 1.82) is 0 Å². The second-order valence-corrected chi connectivity index (χ2v) is 2.67. The van der Waals surface area contributed by atoms with E-state index in [-0.39, 0.29) is 5.97 Å². The van der Waals surface area contributed by atoms with Gasteiger partial charge < -0.3 is 9.64 Å². The highest BCUT2D eigenvalue weighted by atomic mass is 16.5. The van der Waals surface area contributed by atoms with Crippen LogP contribution in [0.1, 0.15) is 19.8 Å². The van der Waals surface area contributed by atoms with E-state index in [1.165, 1.54) is 7.11 Å². The fourth-order valence-electron chi connectivity index (χ4n) is 0.306. The third kappa shape index (κ3) is 26.5. The fraction of sp³-hybridized carbons (Fsp3) is 0.875. The van der Waals surface area contributed by atoms with Gasteiger partial charge in [0, 0.05) is 6.42 Å². The first-order valence-electron chi connectivity index (χ1n) is 3.72. The van der Waals surface area contributed by atoms with E-state index in [0.717, 1.165) is 6.42 Å². The Balaban J connectivity index is 0. The number of carbonyl (C=O) groups excluding carboxylic acids is 1. The summed E-state index contributed by atoms with van der Waals surface area (Å²) in [6.45, 7) is 1.94. The Kier molecular flexibility index (Phi) is 11.2. The van der Waals surface area contributed by atoms with Crippen molar-refractivity contribution < 1.29 is 9.53 Å². The van der Waals surface area contributed by atoms with Crippen LogP contribution in [-0.2, 0) is 9.53 Å². The monoisotopic (exact) mass is 161 g/mol. The predicted molar refractivity (Wildman–Crippen MR) is 46.5 cm³/mol. The molecule has 0 aliphatic rings. The van der Waals surface area contributed by atoms with Crippen LogP contribution in [0, 0.1) is 0 Å². The first-order valence-corrected chi connectivity index (χ1v) is 3.72. The number of hydrogen-bond donors (Lipinski definition) is 0. The zero-order valence-electron chi connectivity index (χ0n) is 8.18. The van der Waals surface area contributed by atoms with Gasteiger partial charge in [-0.15, -0.1) is 0 Å². The van der Waals surface area contributed by atoms with E-state index in [2.05, 4.69) is 4.74 Å². The van der Waals surface area contributed by atoms with Crippen LogP contribution < -0.4 is 0 Å². The molecule has 0 amide bonds. The molecule has 68 valence electrons. The van der Waals surface area contributed by atoms with E-state index in [1.54, 1.807) is 0 Å². The molecular weight excluding hydrogens is 142 g/mol. The Morgan fingerprint density at radius 2 is 1.73 bits per heavy atom. The lowest BCUT2D eigenvalue weighted by atomic mass is 10.3. The van der Waals surface area contributed by atoms with Crippen molar-refractivity contribution in [2.24, 2.45) is 0 Å². The van der Waals surface area contributed by atoms with Gasteiger partial charge in [0.25, 0.3) is 0 Å². The predicted octanol–water partition coefficient (Wildman–Crippen LogP) is 1.14. The maximum atomic E-state index is 10.2. The number of esters is 1. The van der Waals surface area contributed by atoms with Gasteiger partial charge in [0.15, 0.2) is 0 Å². The van der Waals surface area contributed by atoms with Crippen molar-refractivity contribution in [2.45, 2.75) is 19.8 Å². The number of carbonyl (C=O) groups is 1. The molecule has 0 saturated carbocycles. The summed E-state index contributed by atoms with van der Waals surface area (Å²) in [6, 6.07) is 0. The van der Waals surface area contributed by atoms with E-state index >= 15 is 0 Å². The quantitative estimate of drug-likeness (QED) is 0.569. The van der Waals surface area contributed by atoms with Crippen molar-refractivity contribution >= 4 is 5.97 Å². The van der Waals surface area contributed by atoms with Crippen molar-refractivity contribution in [3.8, 4) is 0 Å². The topological polar surface area (TPSA) is 29.5 Å². The van der Waals surface area contributed by atoms with Crippen LogP contribution >= 0.6 is 0 Å². The Hall–Kier alpha value is -0.570. The summed E-state index contributed by atoms with van der Waals surface area (Å²) in [7, 11) is 7.40. The van der Waals surface area contributed by atoms with Crippen molar-refractivity contribution in [3.63, 3.8) is 0 Å². The maximum absolute atomic E-state index is 10.2. The Morgan fingerprint density at radius 1 is 1.36 bits per heavy atom. The van der Waals surface area contributed by atoms with Gasteiger partial charge in [-0.2, -0.15) is 0 Å². The molecule has 3 heteroatoms. The number of nitrogens with zero attached hydrogens (tertiary/aromatic N) is 1. The molecule has 0 aromatic rings.